The van der Waals surface area contributed by atoms with Crippen molar-refractivity contribution < 1.29 is 14.3 Å². The van der Waals surface area contributed by atoms with E-state index < -0.39 is 11.9 Å². The molecule has 9 nitrogen and oxygen atoms in total. The molecule has 2 rings (SSSR count). The maximum atomic E-state index is 11.6. The van der Waals surface area contributed by atoms with E-state index in [1.54, 1.807) is 6.92 Å². The summed E-state index contributed by atoms with van der Waals surface area (Å²) in [6.07, 6.45) is 1.24. The molecule has 2 aromatic heterocycles. The van der Waals surface area contributed by atoms with E-state index in [0.717, 1.165) is 4.52 Å². The third-order valence-corrected chi connectivity index (χ3v) is 2.19. The second-order valence-electron chi connectivity index (χ2n) is 3.31. The average Bonchev–Trinajstić information content (AvgIpc) is 2.74. The van der Waals surface area contributed by atoms with Crippen LogP contribution >= 0.6 is 0 Å². The first-order valence-corrected chi connectivity index (χ1v) is 5.03. The van der Waals surface area contributed by atoms with Crippen LogP contribution < -0.4 is 11.5 Å². The highest BCUT2D eigenvalue weighted by molar-refractivity contribution is 5.98. The molecule has 0 radical (unpaired) electrons. The van der Waals surface area contributed by atoms with Crippen LogP contribution in [0.3, 0.4) is 0 Å². The van der Waals surface area contributed by atoms with Gasteiger partial charge in [-0.3, -0.25) is 4.79 Å². The topological polar surface area (TPSA) is 138 Å². The molecule has 2 aromatic rings. The summed E-state index contributed by atoms with van der Waals surface area (Å²) in [5.74, 6) is -1.49. The number of nitrogens with zero attached hydrogens (tertiary/aromatic N) is 4. The minimum absolute atomic E-state index is 0.0805. The van der Waals surface area contributed by atoms with Gasteiger partial charge in [0, 0.05) is 0 Å². The van der Waals surface area contributed by atoms with Gasteiger partial charge in [-0.15, -0.1) is 10.2 Å². The van der Waals surface area contributed by atoms with Gasteiger partial charge in [0.2, 0.25) is 0 Å². The lowest BCUT2D eigenvalue weighted by molar-refractivity contribution is 0.0528. The Kier molecular flexibility index (Phi) is 2.80. The Morgan fingerprint density at radius 3 is 2.78 bits per heavy atom. The van der Waals surface area contributed by atoms with Crippen LogP contribution in [-0.4, -0.2) is 38.3 Å². The number of rotatable bonds is 3. The predicted octanol–water partition coefficient (Wildman–Crippen LogP) is -1.02. The van der Waals surface area contributed by atoms with Gasteiger partial charge in [0.1, 0.15) is 5.56 Å². The van der Waals surface area contributed by atoms with Crippen molar-refractivity contribution in [3.05, 3.63) is 17.5 Å². The molecule has 94 valence electrons. The molecule has 1 amide bonds. The predicted molar refractivity (Wildman–Crippen MR) is 59.7 cm³/mol. The molecule has 0 aliphatic rings. The molecule has 0 unspecified atom stereocenters. The lowest BCUT2D eigenvalue weighted by Gasteiger charge is -2.02. The molecule has 0 bridgehead atoms. The number of carbonyl (C=O) groups is 2. The number of esters is 1. The number of fused-ring (bicyclic) bond motifs is 1. The molecule has 0 fully saturated rings. The summed E-state index contributed by atoms with van der Waals surface area (Å²) in [6, 6.07) is 0. The monoisotopic (exact) mass is 250 g/mol. The number of nitrogens with two attached hydrogens (primary N) is 2. The Hall–Kier alpha value is -2.71. The smallest absolute Gasteiger partial charge is 0.343 e. The number of primary amides is 1. The van der Waals surface area contributed by atoms with E-state index in [0.29, 0.717) is 0 Å². The van der Waals surface area contributed by atoms with Crippen LogP contribution in [0.15, 0.2) is 6.20 Å². The molecular formula is C9H10N6O3. The number of anilines is 1. The van der Waals surface area contributed by atoms with E-state index in [1.807, 2.05) is 0 Å². The molecular weight excluding hydrogens is 240 g/mol. The lowest BCUT2D eigenvalue weighted by Crippen LogP contribution is -2.19. The fraction of sp³-hybridized carbons (Fsp3) is 0.222. The molecule has 4 N–H and O–H groups in total. The van der Waals surface area contributed by atoms with Crippen LogP contribution in [0.1, 0.15) is 27.8 Å². The molecule has 18 heavy (non-hydrogen) atoms. The van der Waals surface area contributed by atoms with Gasteiger partial charge in [-0.1, -0.05) is 0 Å². The maximum absolute atomic E-state index is 11.6. The van der Waals surface area contributed by atoms with Gasteiger partial charge < -0.3 is 16.2 Å². The van der Waals surface area contributed by atoms with Crippen LogP contribution in [0.25, 0.3) is 5.65 Å². The first kappa shape index (κ1) is 11.8. The summed E-state index contributed by atoms with van der Waals surface area (Å²) in [5, 5.41) is 11.1. The number of hydrogen-bond acceptors (Lipinski definition) is 7. The number of carbonyl (C=O) groups excluding carboxylic acids is 2. The fourth-order valence-electron chi connectivity index (χ4n) is 1.39. The minimum atomic E-state index is -0.824. The van der Waals surface area contributed by atoms with Crippen molar-refractivity contribution in [2.75, 3.05) is 12.3 Å². The van der Waals surface area contributed by atoms with E-state index in [-0.39, 0.29) is 29.3 Å². The summed E-state index contributed by atoms with van der Waals surface area (Å²) in [7, 11) is 0. The Morgan fingerprint density at radius 2 is 2.17 bits per heavy atom. The van der Waals surface area contributed by atoms with Crippen LogP contribution in [0.5, 0.6) is 0 Å². The second kappa shape index (κ2) is 4.28. The highest BCUT2D eigenvalue weighted by Gasteiger charge is 2.20. The van der Waals surface area contributed by atoms with E-state index in [4.69, 9.17) is 16.2 Å². The standard InChI is InChI=1S/C9H10N6O3/c1-2-18-9(17)4-3-12-15-6(10)5(7(11)16)13-14-8(4)15/h3H,2,10H2,1H3,(H2,11,16). The van der Waals surface area contributed by atoms with Crippen molar-refractivity contribution in [3.8, 4) is 0 Å². The minimum Gasteiger partial charge on any atom is -0.462 e. The van der Waals surface area contributed by atoms with E-state index in [2.05, 4.69) is 15.3 Å². The zero-order valence-corrected chi connectivity index (χ0v) is 9.45. The largest absolute Gasteiger partial charge is 0.462 e. The number of hydrogen-bond donors (Lipinski definition) is 2. The van der Waals surface area contributed by atoms with Gasteiger partial charge in [-0.05, 0) is 6.92 Å². The first-order valence-electron chi connectivity index (χ1n) is 5.03. The lowest BCUT2D eigenvalue weighted by atomic mass is 10.3. The van der Waals surface area contributed by atoms with Gasteiger partial charge in [0.05, 0.1) is 12.8 Å². The van der Waals surface area contributed by atoms with Crippen molar-refractivity contribution in [2.45, 2.75) is 6.92 Å². The molecule has 0 aliphatic carbocycles. The molecule has 9 heteroatoms. The Balaban J connectivity index is 2.59. The van der Waals surface area contributed by atoms with Crippen molar-refractivity contribution in [3.63, 3.8) is 0 Å². The van der Waals surface area contributed by atoms with E-state index >= 15 is 0 Å². The summed E-state index contributed by atoms with van der Waals surface area (Å²) < 4.78 is 5.93. The van der Waals surface area contributed by atoms with Gasteiger partial charge in [-0.2, -0.15) is 9.61 Å². The maximum Gasteiger partial charge on any atom is 0.343 e. The van der Waals surface area contributed by atoms with Crippen LogP contribution in [0.4, 0.5) is 5.82 Å². The number of amides is 1. The van der Waals surface area contributed by atoms with Crippen LogP contribution in [0.2, 0.25) is 0 Å². The fourth-order valence-corrected chi connectivity index (χ4v) is 1.39. The molecule has 0 saturated heterocycles. The number of nitrogen functional groups attached to an aromatic ring is 1. The SMILES string of the molecule is CCOC(=O)c1cnn2c(N)c(C(N)=O)nnc12. The van der Waals surface area contributed by atoms with Crippen molar-refractivity contribution in [1.82, 2.24) is 19.8 Å². The molecule has 0 spiro atoms. The summed E-state index contributed by atoms with van der Waals surface area (Å²) in [4.78, 5) is 22.6. The third kappa shape index (κ3) is 1.71. The molecule has 0 aromatic carbocycles. The molecule has 0 saturated carbocycles. The molecule has 2 heterocycles. The van der Waals surface area contributed by atoms with Crippen molar-refractivity contribution >= 4 is 23.3 Å². The van der Waals surface area contributed by atoms with Gasteiger partial charge in [-0.25, -0.2) is 4.79 Å². The highest BCUT2D eigenvalue weighted by Crippen LogP contribution is 2.14. The quantitative estimate of drug-likeness (QED) is 0.664. The van der Waals surface area contributed by atoms with Crippen LogP contribution in [-0.2, 0) is 4.74 Å². The molecule has 0 aliphatic heterocycles. The normalized spacial score (nSPS) is 10.5. The highest BCUT2D eigenvalue weighted by atomic mass is 16.5. The first-order chi connectivity index (χ1) is 8.56. The Labute approximate surface area is 101 Å². The zero-order valence-electron chi connectivity index (χ0n) is 9.45. The zero-order chi connectivity index (χ0) is 13.3. The van der Waals surface area contributed by atoms with Crippen molar-refractivity contribution in [2.24, 2.45) is 5.73 Å². The average molecular weight is 250 g/mol. The van der Waals surface area contributed by atoms with Crippen LogP contribution in [0, 0.1) is 0 Å². The summed E-state index contributed by atoms with van der Waals surface area (Å²) >= 11 is 0. The summed E-state index contributed by atoms with van der Waals surface area (Å²) in [6.45, 7) is 1.90. The van der Waals surface area contributed by atoms with E-state index in [9.17, 15) is 9.59 Å². The Morgan fingerprint density at radius 1 is 1.44 bits per heavy atom. The van der Waals surface area contributed by atoms with Crippen molar-refractivity contribution in [1.29, 1.82) is 0 Å². The summed E-state index contributed by atoms with van der Waals surface area (Å²) in [5.41, 5.74) is 10.7. The van der Waals surface area contributed by atoms with E-state index in [1.165, 1.54) is 6.20 Å². The molecule has 0 atom stereocenters. The second-order valence-corrected chi connectivity index (χ2v) is 3.31. The third-order valence-electron chi connectivity index (χ3n) is 2.19. The van der Waals surface area contributed by atoms with Gasteiger partial charge >= 0.3 is 5.97 Å². The van der Waals surface area contributed by atoms with Gasteiger partial charge in [0.15, 0.2) is 17.2 Å². The van der Waals surface area contributed by atoms with Gasteiger partial charge in [0.25, 0.3) is 5.91 Å². The number of ether oxygens (including phenoxy) is 1. The Bertz CT molecular complexity index is 635. The number of aromatic nitrogens is 4.